The van der Waals surface area contributed by atoms with Crippen LogP contribution < -0.4 is 15.8 Å². The monoisotopic (exact) mass is 451 g/mol. The van der Waals surface area contributed by atoms with Crippen molar-refractivity contribution in [1.29, 1.82) is 0 Å². The lowest BCUT2D eigenvalue weighted by molar-refractivity contribution is -0.123. The van der Waals surface area contributed by atoms with Crippen LogP contribution in [0.2, 0.25) is 5.02 Å². The normalized spacial score (nSPS) is 15.4. The molecule has 1 atom stereocenters. The van der Waals surface area contributed by atoms with Crippen molar-refractivity contribution in [3.63, 3.8) is 0 Å². The van der Waals surface area contributed by atoms with E-state index in [1.807, 2.05) is 72.5 Å². The van der Waals surface area contributed by atoms with Gasteiger partial charge in [-0.15, -0.1) is 0 Å². The zero-order valence-corrected chi connectivity index (χ0v) is 18.7. The van der Waals surface area contributed by atoms with E-state index in [0.29, 0.717) is 44.1 Å². The molecule has 0 aliphatic carbocycles. The highest BCUT2D eigenvalue weighted by Crippen LogP contribution is 2.23. The number of amides is 1. The lowest BCUT2D eigenvalue weighted by Gasteiger charge is -2.36. The molecule has 0 saturated carbocycles. The molecule has 2 aromatic carbocycles. The van der Waals surface area contributed by atoms with E-state index in [2.05, 4.69) is 15.3 Å². The van der Waals surface area contributed by atoms with Crippen LogP contribution in [0.4, 0.5) is 5.69 Å². The quantitative estimate of drug-likeness (QED) is 0.624. The Morgan fingerprint density at radius 3 is 2.31 bits per heavy atom. The van der Waals surface area contributed by atoms with E-state index >= 15 is 0 Å². The summed E-state index contributed by atoms with van der Waals surface area (Å²) in [7, 11) is 0. The number of nitrogens with zero attached hydrogens (tertiary/aromatic N) is 4. The predicted molar refractivity (Wildman–Crippen MR) is 126 cm³/mol. The summed E-state index contributed by atoms with van der Waals surface area (Å²) < 4.78 is 1.31. The lowest BCUT2D eigenvalue weighted by Crippen LogP contribution is -2.50. The number of hydrogen-bond acceptors (Lipinski definition) is 5. The molecule has 7 nitrogen and oxygen atoms in total. The first-order valence-electron chi connectivity index (χ1n) is 10.7. The second kappa shape index (κ2) is 9.97. The van der Waals surface area contributed by atoms with Crippen molar-refractivity contribution >= 4 is 23.2 Å². The molecule has 0 bridgehead atoms. The number of benzene rings is 2. The third-order valence-corrected chi connectivity index (χ3v) is 6.01. The Morgan fingerprint density at radius 1 is 1.03 bits per heavy atom. The van der Waals surface area contributed by atoms with E-state index in [4.69, 9.17) is 11.6 Å². The molecule has 1 aromatic heterocycles. The van der Waals surface area contributed by atoms with Crippen molar-refractivity contribution in [2.75, 3.05) is 37.6 Å². The summed E-state index contributed by atoms with van der Waals surface area (Å²) in [6, 6.07) is 19.1. The smallest absolute Gasteiger partial charge is 0.292 e. The van der Waals surface area contributed by atoms with Gasteiger partial charge < -0.3 is 10.2 Å². The predicted octanol–water partition coefficient (Wildman–Crippen LogP) is 2.89. The summed E-state index contributed by atoms with van der Waals surface area (Å²) in [5.74, 6) is -0.0000365. The number of anilines is 1. The van der Waals surface area contributed by atoms with Crippen LogP contribution in [0.1, 0.15) is 18.5 Å². The number of nitrogens with one attached hydrogen (secondary N) is 1. The number of piperazine rings is 1. The van der Waals surface area contributed by atoms with Crippen molar-refractivity contribution in [3.05, 3.63) is 87.8 Å². The van der Waals surface area contributed by atoms with Gasteiger partial charge in [0.25, 0.3) is 5.56 Å². The van der Waals surface area contributed by atoms with Gasteiger partial charge in [-0.3, -0.25) is 14.5 Å². The summed E-state index contributed by atoms with van der Waals surface area (Å²) >= 11 is 6.43. The molecule has 1 saturated heterocycles. The molecular formula is C24H26ClN5O2. The summed E-state index contributed by atoms with van der Waals surface area (Å²) in [6.45, 7) is 5.05. The topological polar surface area (TPSA) is 70.5 Å². The van der Waals surface area contributed by atoms with Gasteiger partial charge in [0, 0.05) is 26.2 Å². The molecule has 32 heavy (non-hydrogen) atoms. The average molecular weight is 452 g/mol. The second-order valence-corrected chi connectivity index (χ2v) is 8.24. The van der Waals surface area contributed by atoms with Crippen LogP contribution in [0.25, 0.3) is 5.69 Å². The second-order valence-electron chi connectivity index (χ2n) is 7.86. The van der Waals surface area contributed by atoms with Gasteiger partial charge in [0.2, 0.25) is 5.91 Å². The molecular weight excluding hydrogens is 426 g/mol. The Hall–Kier alpha value is -3.16. The minimum atomic E-state index is -0.341. The molecule has 1 aliphatic rings. The summed E-state index contributed by atoms with van der Waals surface area (Å²) in [5, 5.41) is 7.53. The van der Waals surface area contributed by atoms with Crippen molar-refractivity contribution < 1.29 is 4.79 Å². The maximum atomic E-state index is 12.7. The summed E-state index contributed by atoms with van der Waals surface area (Å²) in [6.07, 6.45) is 1.64. The Labute approximate surface area is 192 Å². The van der Waals surface area contributed by atoms with Crippen LogP contribution in [0, 0.1) is 0 Å². The first-order valence-corrected chi connectivity index (χ1v) is 11.1. The summed E-state index contributed by atoms with van der Waals surface area (Å²) in [5.41, 5.74) is 2.04. The number of hydrogen-bond donors (Lipinski definition) is 1. The van der Waals surface area contributed by atoms with Crippen molar-refractivity contribution in [2.45, 2.75) is 13.0 Å². The maximum absolute atomic E-state index is 12.7. The van der Waals surface area contributed by atoms with Crippen molar-refractivity contribution in [3.8, 4) is 5.69 Å². The number of rotatable bonds is 6. The fourth-order valence-electron chi connectivity index (χ4n) is 3.86. The van der Waals surface area contributed by atoms with Gasteiger partial charge in [-0.05, 0) is 24.6 Å². The molecule has 1 aliphatic heterocycles. The lowest BCUT2D eigenvalue weighted by atomic mass is 10.1. The number of halogens is 1. The first kappa shape index (κ1) is 22.0. The maximum Gasteiger partial charge on any atom is 0.292 e. The van der Waals surface area contributed by atoms with Gasteiger partial charge >= 0.3 is 0 Å². The SMILES string of the molecule is CC(NC(=O)CN1CCN(c2cnn(-c3ccccc3)c(=O)c2Cl)CC1)c1ccccc1. The van der Waals surface area contributed by atoms with Gasteiger partial charge in [0.05, 0.1) is 30.2 Å². The molecule has 1 amide bonds. The van der Waals surface area contributed by atoms with Gasteiger partial charge in [0.1, 0.15) is 5.02 Å². The number of para-hydroxylation sites is 1. The average Bonchev–Trinajstić information content (AvgIpc) is 2.82. The van der Waals surface area contributed by atoms with Crippen LogP contribution in [0.15, 0.2) is 71.7 Å². The first-order chi connectivity index (χ1) is 15.5. The van der Waals surface area contributed by atoms with Crippen LogP contribution in [-0.4, -0.2) is 53.3 Å². The zero-order chi connectivity index (χ0) is 22.5. The fraction of sp³-hybridized carbons (Fsp3) is 0.292. The molecule has 1 fully saturated rings. The Bertz CT molecular complexity index is 1110. The van der Waals surface area contributed by atoms with Crippen LogP contribution in [0.5, 0.6) is 0 Å². The van der Waals surface area contributed by atoms with Gasteiger partial charge in [-0.2, -0.15) is 9.78 Å². The number of aromatic nitrogens is 2. The minimum absolute atomic E-state index is 0.0000365. The molecule has 1 unspecified atom stereocenters. The van der Waals surface area contributed by atoms with Gasteiger partial charge in [-0.25, -0.2) is 0 Å². The van der Waals surface area contributed by atoms with E-state index in [9.17, 15) is 9.59 Å². The van der Waals surface area contributed by atoms with E-state index < -0.39 is 0 Å². The Balaban J connectivity index is 1.34. The third-order valence-electron chi connectivity index (χ3n) is 5.66. The van der Waals surface area contributed by atoms with E-state index in [-0.39, 0.29) is 22.5 Å². The van der Waals surface area contributed by atoms with E-state index in [0.717, 1.165) is 5.56 Å². The molecule has 4 rings (SSSR count). The zero-order valence-electron chi connectivity index (χ0n) is 17.9. The molecule has 2 heterocycles. The molecule has 1 N–H and O–H groups in total. The third kappa shape index (κ3) is 5.00. The van der Waals surface area contributed by atoms with Crippen LogP contribution in [0.3, 0.4) is 0 Å². The van der Waals surface area contributed by atoms with Crippen molar-refractivity contribution in [2.24, 2.45) is 0 Å². The highest BCUT2D eigenvalue weighted by atomic mass is 35.5. The minimum Gasteiger partial charge on any atom is -0.366 e. The molecule has 0 radical (unpaired) electrons. The fourth-order valence-corrected chi connectivity index (χ4v) is 4.11. The van der Waals surface area contributed by atoms with E-state index in [1.165, 1.54) is 4.68 Å². The highest BCUT2D eigenvalue weighted by Gasteiger charge is 2.23. The highest BCUT2D eigenvalue weighted by molar-refractivity contribution is 6.33. The van der Waals surface area contributed by atoms with Gasteiger partial charge in [0.15, 0.2) is 0 Å². The Morgan fingerprint density at radius 2 is 1.66 bits per heavy atom. The van der Waals surface area contributed by atoms with Crippen molar-refractivity contribution in [1.82, 2.24) is 20.0 Å². The standard InChI is InChI=1S/C24H26ClN5O2/c1-18(19-8-4-2-5-9-19)27-22(31)17-28-12-14-29(15-13-28)21-16-26-30(24(32)23(21)25)20-10-6-3-7-11-20/h2-11,16,18H,12-15,17H2,1H3,(H,27,31). The largest absolute Gasteiger partial charge is 0.366 e. The molecule has 3 aromatic rings. The van der Waals surface area contributed by atoms with Gasteiger partial charge in [-0.1, -0.05) is 60.1 Å². The molecule has 166 valence electrons. The Kier molecular flexibility index (Phi) is 6.87. The summed E-state index contributed by atoms with van der Waals surface area (Å²) in [4.78, 5) is 29.4. The molecule has 0 spiro atoms. The van der Waals surface area contributed by atoms with Crippen LogP contribution >= 0.6 is 11.6 Å². The van der Waals surface area contributed by atoms with E-state index in [1.54, 1.807) is 6.20 Å². The molecule has 8 heteroatoms. The number of carbonyl (C=O) groups is 1. The van der Waals surface area contributed by atoms with Crippen LogP contribution in [-0.2, 0) is 4.79 Å². The number of carbonyl (C=O) groups excluding carboxylic acids is 1.